The Hall–Kier alpha value is -0.730. The highest BCUT2D eigenvalue weighted by Crippen LogP contribution is 2.34. The third kappa shape index (κ3) is 3.14. The Balaban J connectivity index is 2.13. The van der Waals surface area contributed by atoms with Crippen molar-refractivity contribution in [1.29, 1.82) is 0 Å². The van der Waals surface area contributed by atoms with E-state index in [1.54, 1.807) is 26.0 Å². The van der Waals surface area contributed by atoms with Gasteiger partial charge in [0.05, 0.1) is 12.2 Å². The van der Waals surface area contributed by atoms with Gasteiger partial charge < -0.3 is 9.84 Å². The minimum atomic E-state index is -0.931. The molecule has 3 heteroatoms. The van der Waals surface area contributed by atoms with E-state index in [0.717, 1.165) is 17.9 Å². The van der Waals surface area contributed by atoms with Crippen LogP contribution in [0.15, 0.2) is 18.2 Å². The summed E-state index contributed by atoms with van der Waals surface area (Å²) >= 11 is 5.96. The third-order valence-corrected chi connectivity index (χ3v) is 3.54. The normalized spacial score (nSPS) is 16.7. The second-order valence-electron chi connectivity index (χ2n) is 5.31. The maximum Gasteiger partial charge on any atom is 0.125 e. The Morgan fingerprint density at radius 1 is 1.41 bits per heavy atom. The van der Waals surface area contributed by atoms with Crippen molar-refractivity contribution in [3.8, 4) is 5.75 Å². The minimum Gasteiger partial charge on any atom is -0.493 e. The molecule has 1 fully saturated rings. The molecule has 0 radical (unpaired) electrons. The van der Waals surface area contributed by atoms with Gasteiger partial charge in [0.2, 0.25) is 0 Å². The minimum absolute atomic E-state index is 0.623. The summed E-state index contributed by atoms with van der Waals surface area (Å²) in [5.41, 5.74) is -0.177. The number of benzene rings is 1. The van der Waals surface area contributed by atoms with Gasteiger partial charge in [0.25, 0.3) is 0 Å². The molecule has 1 aromatic rings. The lowest BCUT2D eigenvalue weighted by atomic mass is 9.86. The quantitative estimate of drug-likeness (QED) is 0.887. The van der Waals surface area contributed by atoms with E-state index in [9.17, 15) is 5.11 Å². The van der Waals surface area contributed by atoms with Crippen molar-refractivity contribution in [2.45, 2.75) is 38.7 Å². The Kier molecular flexibility index (Phi) is 3.64. The fourth-order valence-electron chi connectivity index (χ4n) is 1.97. The third-order valence-electron chi connectivity index (χ3n) is 3.30. The Bertz CT molecular complexity index is 392. The molecule has 2 nitrogen and oxygen atoms in total. The first-order valence-corrected chi connectivity index (χ1v) is 6.50. The smallest absolute Gasteiger partial charge is 0.125 e. The van der Waals surface area contributed by atoms with Gasteiger partial charge in [-0.2, -0.15) is 0 Å². The van der Waals surface area contributed by atoms with Crippen molar-refractivity contribution < 1.29 is 9.84 Å². The lowest BCUT2D eigenvalue weighted by Crippen LogP contribution is -2.22. The van der Waals surface area contributed by atoms with Crippen molar-refractivity contribution in [1.82, 2.24) is 0 Å². The van der Waals surface area contributed by atoms with Gasteiger partial charge in [0.1, 0.15) is 5.75 Å². The van der Waals surface area contributed by atoms with Crippen LogP contribution in [-0.4, -0.2) is 11.7 Å². The van der Waals surface area contributed by atoms with Gasteiger partial charge in [0.15, 0.2) is 0 Å². The van der Waals surface area contributed by atoms with Gasteiger partial charge in [-0.15, -0.1) is 0 Å². The molecule has 1 aromatic carbocycles. The van der Waals surface area contributed by atoms with Crippen LogP contribution in [0.3, 0.4) is 0 Å². The van der Waals surface area contributed by atoms with E-state index in [-0.39, 0.29) is 0 Å². The summed E-state index contributed by atoms with van der Waals surface area (Å²) in [6.07, 6.45) is 3.82. The van der Waals surface area contributed by atoms with Gasteiger partial charge in [-0.3, -0.25) is 0 Å². The Morgan fingerprint density at radius 2 is 2.12 bits per heavy atom. The maximum absolute atomic E-state index is 10.1. The maximum atomic E-state index is 10.1. The lowest BCUT2D eigenvalue weighted by Gasteiger charge is -2.27. The first kappa shape index (κ1) is 12.7. The zero-order valence-corrected chi connectivity index (χ0v) is 11.1. The van der Waals surface area contributed by atoms with Crippen molar-refractivity contribution in [3.63, 3.8) is 0 Å². The molecule has 0 aromatic heterocycles. The molecule has 1 N–H and O–H groups in total. The van der Waals surface area contributed by atoms with Crippen LogP contribution in [0.25, 0.3) is 0 Å². The molecular weight excluding hydrogens is 236 g/mol. The SMILES string of the molecule is CC(C)(O)c1cc(Cl)ccc1OCC1CCC1. The van der Waals surface area contributed by atoms with Crippen molar-refractivity contribution >= 4 is 11.6 Å². The summed E-state index contributed by atoms with van der Waals surface area (Å²) in [7, 11) is 0. The highest BCUT2D eigenvalue weighted by Gasteiger charge is 2.23. The number of aliphatic hydroxyl groups is 1. The molecule has 0 saturated heterocycles. The van der Waals surface area contributed by atoms with E-state index in [4.69, 9.17) is 16.3 Å². The van der Waals surface area contributed by atoms with Crippen LogP contribution < -0.4 is 4.74 Å². The van der Waals surface area contributed by atoms with Crippen LogP contribution in [0.2, 0.25) is 5.02 Å². The molecule has 1 saturated carbocycles. The predicted molar refractivity (Wildman–Crippen MR) is 69.5 cm³/mol. The summed E-state index contributed by atoms with van der Waals surface area (Å²) < 4.78 is 5.80. The summed E-state index contributed by atoms with van der Waals surface area (Å²) in [6, 6.07) is 5.42. The van der Waals surface area contributed by atoms with Crippen LogP contribution in [0.4, 0.5) is 0 Å². The number of halogens is 1. The first-order chi connectivity index (χ1) is 7.97. The number of ether oxygens (including phenoxy) is 1. The Morgan fingerprint density at radius 3 is 2.65 bits per heavy atom. The lowest BCUT2D eigenvalue weighted by molar-refractivity contribution is 0.0727. The summed E-state index contributed by atoms with van der Waals surface area (Å²) in [6.45, 7) is 4.23. The van der Waals surface area contributed by atoms with Crippen LogP contribution in [-0.2, 0) is 5.60 Å². The topological polar surface area (TPSA) is 29.5 Å². The Labute approximate surface area is 108 Å². The number of rotatable bonds is 4. The molecule has 2 rings (SSSR count). The van der Waals surface area contributed by atoms with E-state index < -0.39 is 5.60 Å². The summed E-state index contributed by atoms with van der Waals surface area (Å²) in [4.78, 5) is 0. The van der Waals surface area contributed by atoms with Gasteiger partial charge >= 0.3 is 0 Å². The van der Waals surface area contributed by atoms with Crippen molar-refractivity contribution in [2.24, 2.45) is 5.92 Å². The molecule has 0 atom stereocenters. The highest BCUT2D eigenvalue weighted by molar-refractivity contribution is 6.30. The average molecular weight is 255 g/mol. The molecular formula is C14H19ClO2. The van der Waals surface area contributed by atoms with Crippen LogP contribution in [0.5, 0.6) is 5.75 Å². The predicted octanol–water partition coefficient (Wildman–Crippen LogP) is 3.75. The fraction of sp³-hybridized carbons (Fsp3) is 0.571. The zero-order chi connectivity index (χ0) is 12.5. The zero-order valence-electron chi connectivity index (χ0n) is 10.4. The number of hydrogen-bond acceptors (Lipinski definition) is 2. The molecule has 1 aliphatic rings. The first-order valence-electron chi connectivity index (χ1n) is 6.12. The molecule has 0 amide bonds. The molecule has 0 spiro atoms. The van der Waals surface area contributed by atoms with E-state index in [0.29, 0.717) is 10.9 Å². The molecule has 0 heterocycles. The van der Waals surface area contributed by atoms with Crippen LogP contribution in [0, 0.1) is 5.92 Å². The monoisotopic (exact) mass is 254 g/mol. The molecule has 0 bridgehead atoms. The van der Waals surface area contributed by atoms with E-state index in [2.05, 4.69) is 0 Å². The van der Waals surface area contributed by atoms with E-state index >= 15 is 0 Å². The van der Waals surface area contributed by atoms with E-state index in [1.807, 2.05) is 6.07 Å². The molecule has 17 heavy (non-hydrogen) atoms. The summed E-state index contributed by atoms with van der Waals surface area (Å²) in [5.74, 6) is 1.43. The molecule has 0 unspecified atom stereocenters. The molecule has 94 valence electrons. The van der Waals surface area contributed by atoms with Gasteiger partial charge in [-0.1, -0.05) is 18.0 Å². The van der Waals surface area contributed by atoms with Gasteiger partial charge in [-0.25, -0.2) is 0 Å². The highest BCUT2D eigenvalue weighted by atomic mass is 35.5. The van der Waals surface area contributed by atoms with Crippen molar-refractivity contribution in [3.05, 3.63) is 28.8 Å². The van der Waals surface area contributed by atoms with Crippen molar-refractivity contribution in [2.75, 3.05) is 6.61 Å². The van der Waals surface area contributed by atoms with Crippen LogP contribution >= 0.6 is 11.6 Å². The summed E-state index contributed by atoms with van der Waals surface area (Å²) in [5, 5.41) is 10.7. The fourth-order valence-corrected chi connectivity index (χ4v) is 2.15. The standard InChI is InChI=1S/C14H19ClO2/c1-14(2,16)12-8-11(15)6-7-13(12)17-9-10-4-3-5-10/h6-8,10,16H,3-5,9H2,1-2H3. The van der Waals surface area contributed by atoms with Gasteiger partial charge in [0, 0.05) is 10.6 Å². The molecule has 1 aliphatic carbocycles. The average Bonchev–Trinajstić information content (AvgIpc) is 2.16. The van der Waals surface area contributed by atoms with Crippen LogP contribution in [0.1, 0.15) is 38.7 Å². The van der Waals surface area contributed by atoms with E-state index in [1.165, 1.54) is 19.3 Å². The second kappa shape index (κ2) is 4.87. The van der Waals surface area contributed by atoms with Gasteiger partial charge in [-0.05, 0) is 50.8 Å². The molecule has 0 aliphatic heterocycles. The largest absolute Gasteiger partial charge is 0.493 e. The second-order valence-corrected chi connectivity index (χ2v) is 5.74. The number of hydrogen-bond donors (Lipinski definition) is 1.